The fraction of sp³-hybridized carbons (Fsp3) is 0.362. The average molecular weight is 747 g/mol. The highest BCUT2D eigenvalue weighted by molar-refractivity contribution is 8.03. The lowest BCUT2D eigenvalue weighted by Gasteiger charge is -2.28. The van der Waals surface area contributed by atoms with Gasteiger partial charge in [0.1, 0.15) is 22.9 Å². The van der Waals surface area contributed by atoms with E-state index in [0.717, 1.165) is 118 Å². The summed E-state index contributed by atoms with van der Waals surface area (Å²) in [6.45, 7) is 15.2. The van der Waals surface area contributed by atoms with Crippen LogP contribution in [-0.4, -0.2) is 12.9 Å². The Labute approximate surface area is 322 Å². The molecule has 0 aliphatic heterocycles. The summed E-state index contributed by atoms with van der Waals surface area (Å²) in [5.41, 5.74) is 6.59. The normalized spacial score (nSPS) is 15.6. The second kappa shape index (κ2) is 19.7. The molecule has 0 N–H and O–H groups in total. The maximum Gasteiger partial charge on any atom is 0.452 e. The van der Waals surface area contributed by atoms with Crippen molar-refractivity contribution in [3.8, 4) is 23.5 Å². The maximum atomic E-state index is 7.15. The monoisotopic (exact) mass is 746 g/mol. The van der Waals surface area contributed by atoms with E-state index in [0.29, 0.717) is 17.3 Å². The summed E-state index contributed by atoms with van der Waals surface area (Å²) in [5, 5.41) is 3.12. The second-order valence-corrected chi connectivity index (χ2v) is 15.6. The number of methoxy groups -OCH3 is 1. The molecule has 0 saturated heterocycles. The van der Waals surface area contributed by atoms with Gasteiger partial charge in [0.05, 0.1) is 7.11 Å². The molecule has 1 aliphatic rings. The van der Waals surface area contributed by atoms with Crippen LogP contribution in [0, 0.1) is 25.2 Å². The van der Waals surface area contributed by atoms with Crippen molar-refractivity contribution in [3.63, 3.8) is 0 Å². The molecule has 5 rings (SSSR count). The molecule has 1 aliphatic carbocycles. The Kier molecular flexibility index (Phi) is 14.9. The van der Waals surface area contributed by atoms with Gasteiger partial charge in [0.15, 0.2) is 0 Å². The summed E-state index contributed by atoms with van der Waals surface area (Å²) >= 11 is 1.84. The average Bonchev–Trinajstić information content (AvgIpc) is 3.33. The first-order chi connectivity index (χ1) is 25.9. The number of rotatable bonds is 17. The number of hydrogen-bond acceptors (Lipinski definition) is 5. The van der Waals surface area contributed by atoms with E-state index in [2.05, 4.69) is 88.7 Å². The summed E-state index contributed by atoms with van der Waals surface area (Å²) in [7, 11) is -0.171. The molecule has 53 heavy (non-hydrogen) atoms. The topological polar surface area (TPSA) is 44.7 Å². The number of terminal acetylenes is 1. The van der Waals surface area contributed by atoms with Crippen LogP contribution < -0.4 is 4.52 Å². The molecule has 6 heteroatoms. The number of ether oxygens (including phenoxy) is 1. The molecular formula is C47H55O4PS. The van der Waals surface area contributed by atoms with Crippen LogP contribution in [0.1, 0.15) is 96.8 Å². The number of allylic oxidation sites excluding steroid dienone is 6. The first-order valence-electron chi connectivity index (χ1n) is 19.2. The van der Waals surface area contributed by atoms with Crippen LogP contribution in [-0.2, 0) is 4.74 Å². The van der Waals surface area contributed by atoms with E-state index in [1.807, 2.05) is 49.0 Å². The summed E-state index contributed by atoms with van der Waals surface area (Å²) in [5.74, 6) is 6.66. The minimum atomic E-state index is -1.94. The van der Waals surface area contributed by atoms with Crippen LogP contribution in [0.4, 0.5) is 0 Å². The summed E-state index contributed by atoms with van der Waals surface area (Å²) in [4.78, 5) is 1.11. The molecule has 0 radical (unpaired) electrons. The zero-order chi connectivity index (χ0) is 37.7. The van der Waals surface area contributed by atoms with E-state index in [1.54, 1.807) is 7.11 Å². The molecule has 0 fully saturated rings. The van der Waals surface area contributed by atoms with E-state index >= 15 is 0 Å². The molecule has 4 aromatic rings. The van der Waals surface area contributed by atoms with Crippen LogP contribution in [0.3, 0.4) is 0 Å². The number of thioether (sulfide) groups is 1. The Balaban J connectivity index is 1.81. The number of fused-ring (bicyclic) bond motifs is 3. The maximum absolute atomic E-state index is 7.15. The highest BCUT2D eigenvalue weighted by atomic mass is 32.2. The van der Waals surface area contributed by atoms with Crippen molar-refractivity contribution in [2.24, 2.45) is 5.92 Å². The Morgan fingerprint density at radius 2 is 1.75 bits per heavy atom. The Morgan fingerprint density at radius 1 is 1.00 bits per heavy atom. The second-order valence-electron chi connectivity index (χ2n) is 13.5. The van der Waals surface area contributed by atoms with Crippen molar-refractivity contribution >= 4 is 41.7 Å². The minimum Gasteiger partial charge on any atom is -0.495 e. The molecule has 0 spiro atoms. The highest BCUT2D eigenvalue weighted by Crippen LogP contribution is 2.46. The molecule has 4 nitrogen and oxygen atoms in total. The summed E-state index contributed by atoms with van der Waals surface area (Å²) in [6, 6.07) is 20.5. The Morgan fingerprint density at radius 3 is 2.47 bits per heavy atom. The lowest BCUT2D eigenvalue weighted by Crippen LogP contribution is -2.16. The third kappa shape index (κ3) is 9.29. The lowest BCUT2D eigenvalue weighted by atomic mass is 9.81. The van der Waals surface area contributed by atoms with E-state index in [9.17, 15) is 0 Å². The van der Waals surface area contributed by atoms with Gasteiger partial charge in [-0.15, -0.1) is 18.2 Å². The molecule has 0 saturated carbocycles. The van der Waals surface area contributed by atoms with Crippen molar-refractivity contribution in [3.05, 3.63) is 130 Å². The van der Waals surface area contributed by atoms with Gasteiger partial charge in [0, 0.05) is 38.1 Å². The van der Waals surface area contributed by atoms with Gasteiger partial charge in [-0.05, 0) is 86.1 Å². The quantitative estimate of drug-likeness (QED) is 0.0466. The molecule has 0 bridgehead atoms. The minimum absolute atomic E-state index is 0.378. The largest absolute Gasteiger partial charge is 0.495 e. The molecule has 3 aromatic carbocycles. The van der Waals surface area contributed by atoms with Crippen molar-refractivity contribution in [1.29, 1.82) is 0 Å². The summed E-state index contributed by atoms with van der Waals surface area (Å²) in [6.07, 6.45) is 22.2. The summed E-state index contributed by atoms with van der Waals surface area (Å²) < 4.78 is 27.1. The van der Waals surface area contributed by atoms with Gasteiger partial charge in [0.2, 0.25) is 0 Å². The molecule has 1 aromatic heterocycles. The molecule has 1 heterocycles. The predicted octanol–water partition coefficient (Wildman–Crippen LogP) is 14.8. The number of unbranched alkanes of at least 4 members (excludes halogenated alkanes) is 3. The van der Waals surface area contributed by atoms with Gasteiger partial charge < -0.3 is 17.7 Å². The van der Waals surface area contributed by atoms with Crippen LogP contribution in [0.5, 0.6) is 0 Å². The van der Waals surface area contributed by atoms with Gasteiger partial charge in [-0.1, -0.05) is 126 Å². The SMILES string of the molecule is C#Cc1ccccc1-c1c(C)op(OC2=C(/C(C=C)=C(OC)/C(=C\C)SCCCC)CC(CCCC)C=C2CCCC)oc2ccc3ccccc3c12. The Bertz CT molecular complexity index is 2120. The van der Waals surface area contributed by atoms with Gasteiger partial charge >= 0.3 is 8.24 Å². The fourth-order valence-corrected chi connectivity index (χ4v) is 9.37. The van der Waals surface area contributed by atoms with Crippen LogP contribution in [0.25, 0.3) is 32.9 Å². The third-order valence-corrected chi connectivity index (χ3v) is 12.1. The van der Waals surface area contributed by atoms with Gasteiger partial charge in [-0.25, -0.2) is 0 Å². The van der Waals surface area contributed by atoms with Crippen molar-refractivity contribution < 1.29 is 17.7 Å². The molecule has 0 amide bonds. The first kappa shape index (κ1) is 40.0. The van der Waals surface area contributed by atoms with E-state index in [-0.39, 0.29) is 0 Å². The van der Waals surface area contributed by atoms with Crippen molar-refractivity contribution in [2.45, 2.75) is 92.4 Å². The number of hydrogen-bond donors (Lipinski definition) is 0. The molecule has 278 valence electrons. The predicted molar refractivity (Wildman–Crippen MR) is 229 cm³/mol. The van der Waals surface area contributed by atoms with Crippen molar-refractivity contribution in [2.75, 3.05) is 12.9 Å². The smallest absolute Gasteiger partial charge is 0.452 e. The van der Waals surface area contributed by atoms with E-state index in [4.69, 9.17) is 24.1 Å². The molecule has 2 atom stereocenters. The molecule has 2 unspecified atom stereocenters. The van der Waals surface area contributed by atoms with E-state index in [1.165, 1.54) is 12.0 Å². The van der Waals surface area contributed by atoms with E-state index < -0.39 is 8.24 Å². The molecular weight excluding hydrogens is 692 g/mol. The van der Waals surface area contributed by atoms with Crippen LogP contribution in [0.2, 0.25) is 0 Å². The number of benzene rings is 3. The number of aryl methyl sites for hydroxylation is 1. The first-order valence-corrected chi connectivity index (χ1v) is 21.3. The Hall–Kier alpha value is -4.23. The highest BCUT2D eigenvalue weighted by Gasteiger charge is 2.29. The zero-order valence-corrected chi connectivity index (χ0v) is 34.1. The zero-order valence-electron chi connectivity index (χ0n) is 32.4. The van der Waals surface area contributed by atoms with Gasteiger partial charge in [-0.2, -0.15) is 0 Å². The van der Waals surface area contributed by atoms with Gasteiger partial charge in [0.25, 0.3) is 0 Å². The standard InChI is InChI=1S/C47H55O4PS/c1-9-15-22-34-31-37(23-16-10-2)46(41(32-34)38(13-5)47(48-8)43(14-6)53-30-17-11-3)51-52-49-33(7)44(39-26-20-18-24-35(39)12-4)45-40-27-21-19-25-36(40)28-29-42(45)50-52/h4,13-14,18-21,24-29,31,34H,5,9-11,15-17,22-23,30,32H2,1-3,6-8H3/b43-14+,47-38-. The van der Waals surface area contributed by atoms with Crippen molar-refractivity contribution in [1.82, 2.24) is 0 Å². The third-order valence-electron chi connectivity index (χ3n) is 9.81. The fourth-order valence-electron chi connectivity index (χ4n) is 7.11. The van der Waals surface area contributed by atoms with Crippen LogP contribution >= 0.6 is 20.0 Å². The lowest BCUT2D eigenvalue weighted by molar-refractivity contribution is 0.301. The van der Waals surface area contributed by atoms with Gasteiger partial charge in [-0.3, -0.25) is 0 Å². The van der Waals surface area contributed by atoms with Crippen LogP contribution in [0.15, 0.2) is 127 Å².